The molecule has 3 nitrogen and oxygen atoms in total. The quantitative estimate of drug-likeness (QED) is 0.797. The molecule has 0 saturated carbocycles. The van der Waals surface area contributed by atoms with Crippen LogP contribution in [0.5, 0.6) is 0 Å². The second kappa shape index (κ2) is 7.09. The smallest absolute Gasteiger partial charge is 0.245 e. The van der Waals surface area contributed by atoms with Crippen molar-refractivity contribution in [1.82, 2.24) is 9.80 Å². The fourth-order valence-electron chi connectivity index (χ4n) is 2.75. The van der Waals surface area contributed by atoms with E-state index in [1.165, 1.54) is 0 Å². The van der Waals surface area contributed by atoms with Crippen LogP contribution < -0.4 is 0 Å². The Hall–Kier alpha value is -1.06. The number of hydrogen-bond acceptors (Lipinski definition) is 2. The molecule has 0 N–H and O–H groups in total. The van der Waals surface area contributed by atoms with E-state index < -0.39 is 5.38 Å². The van der Waals surface area contributed by atoms with Crippen LogP contribution in [0.15, 0.2) is 30.3 Å². The van der Waals surface area contributed by atoms with Crippen LogP contribution >= 0.6 is 11.6 Å². The molecule has 0 radical (unpaired) electrons. The molecule has 1 aromatic rings. The fraction of sp³-hybridized carbons (Fsp3) is 0.562. The summed E-state index contributed by atoms with van der Waals surface area (Å²) in [5, 5.41) is -0.578. The Morgan fingerprint density at radius 1 is 1.35 bits per heavy atom. The van der Waals surface area contributed by atoms with Gasteiger partial charge in [0.1, 0.15) is 5.38 Å². The zero-order valence-corrected chi connectivity index (χ0v) is 13.0. The molecule has 2 rings (SSSR count). The molecule has 20 heavy (non-hydrogen) atoms. The maximum Gasteiger partial charge on any atom is 0.245 e. The summed E-state index contributed by atoms with van der Waals surface area (Å²) in [7, 11) is 1.88. The number of amides is 1. The monoisotopic (exact) mass is 294 g/mol. The molecule has 110 valence electrons. The number of piperidine rings is 1. The molecule has 1 saturated heterocycles. The second-order valence-electron chi connectivity index (χ2n) is 5.39. The molecule has 4 heteroatoms. The van der Waals surface area contributed by atoms with Crippen molar-refractivity contribution in [3.05, 3.63) is 35.9 Å². The minimum absolute atomic E-state index is 0.00724. The normalized spacial score (nSPS) is 18.8. The molecule has 0 spiro atoms. The molecular weight excluding hydrogens is 272 g/mol. The number of hydrogen-bond donors (Lipinski definition) is 0. The van der Waals surface area contributed by atoms with E-state index in [0.717, 1.165) is 38.0 Å². The highest BCUT2D eigenvalue weighted by Gasteiger charge is 2.28. The first-order valence-corrected chi connectivity index (χ1v) is 7.75. The number of carbonyl (C=O) groups is 1. The summed E-state index contributed by atoms with van der Waals surface area (Å²) in [6.45, 7) is 5.40. The lowest BCUT2D eigenvalue weighted by Crippen LogP contribution is -2.46. The van der Waals surface area contributed by atoms with Gasteiger partial charge in [-0.2, -0.15) is 0 Å². The topological polar surface area (TPSA) is 23.6 Å². The highest BCUT2D eigenvalue weighted by atomic mass is 35.5. The number of carbonyl (C=O) groups excluding carboxylic acids is 1. The molecule has 0 aromatic heterocycles. The molecule has 1 aliphatic rings. The molecule has 0 bridgehead atoms. The number of halogens is 1. The predicted molar refractivity (Wildman–Crippen MR) is 82.9 cm³/mol. The average molecular weight is 295 g/mol. The number of rotatable bonds is 4. The Kier molecular flexibility index (Phi) is 5.44. The van der Waals surface area contributed by atoms with Crippen LogP contribution in [-0.4, -0.2) is 48.4 Å². The first kappa shape index (κ1) is 15.3. The zero-order chi connectivity index (χ0) is 14.5. The zero-order valence-electron chi connectivity index (χ0n) is 12.3. The van der Waals surface area contributed by atoms with Crippen LogP contribution in [0.1, 0.15) is 30.7 Å². The average Bonchev–Trinajstić information content (AvgIpc) is 2.53. The van der Waals surface area contributed by atoms with Crippen molar-refractivity contribution in [2.75, 3.05) is 26.7 Å². The largest absolute Gasteiger partial charge is 0.341 e. The summed E-state index contributed by atoms with van der Waals surface area (Å²) < 4.78 is 0. The van der Waals surface area contributed by atoms with Crippen LogP contribution in [0.2, 0.25) is 0 Å². The summed E-state index contributed by atoms with van der Waals surface area (Å²) in [6.07, 6.45) is 2.07. The maximum atomic E-state index is 12.5. The van der Waals surface area contributed by atoms with E-state index in [2.05, 4.69) is 11.8 Å². The third-order valence-electron chi connectivity index (χ3n) is 4.21. The molecule has 1 aliphatic heterocycles. The third kappa shape index (κ3) is 3.53. The van der Waals surface area contributed by atoms with E-state index in [1.54, 1.807) is 0 Å². The molecule has 1 fully saturated rings. The molecule has 1 amide bonds. The van der Waals surface area contributed by atoms with Crippen molar-refractivity contribution in [3.8, 4) is 0 Å². The van der Waals surface area contributed by atoms with Gasteiger partial charge in [0.25, 0.3) is 0 Å². The maximum absolute atomic E-state index is 12.5. The number of likely N-dealkylation sites (N-methyl/N-ethyl adjacent to an activating group) is 1. The van der Waals surface area contributed by atoms with Gasteiger partial charge in [-0.15, -0.1) is 11.6 Å². The van der Waals surface area contributed by atoms with Crippen molar-refractivity contribution < 1.29 is 4.79 Å². The van der Waals surface area contributed by atoms with Gasteiger partial charge in [-0.25, -0.2) is 0 Å². The van der Waals surface area contributed by atoms with Crippen LogP contribution in [0.25, 0.3) is 0 Å². The first-order valence-electron chi connectivity index (χ1n) is 7.31. The van der Waals surface area contributed by atoms with E-state index in [1.807, 2.05) is 42.3 Å². The molecular formula is C16H23ClN2O. The minimum atomic E-state index is -0.578. The van der Waals surface area contributed by atoms with Crippen molar-refractivity contribution in [2.24, 2.45) is 0 Å². The molecule has 1 aromatic carbocycles. The highest BCUT2D eigenvalue weighted by Crippen LogP contribution is 2.25. The van der Waals surface area contributed by atoms with Gasteiger partial charge in [0.05, 0.1) is 0 Å². The highest BCUT2D eigenvalue weighted by molar-refractivity contribution is 6.30. The number of alkyl halides is 1. The van der Waals surface area contributed by atoms with Gasteiger partial charge in [0.2, 0.25) is 5.91 Å². The third-order valence-corrected chi connectivity index (χ3v) is 4.65. The van der Waals surface area contributed by atoms with E-state index in [-0.39, 0.29) is 5.91 Å². The Labute approximate surface area is 126 Å². The summed E-state index contributed by atoms with van der Waals surface area (Å²) in [5.74, 6) is 0.00724. The van der Waals surface area contributed by atoms with Gasteiger partial charge >= 0.3 is 0 Å². The molecule has 1 heterocycles. The fourth-order valence-corrected chi connectivity index (χ4v) is 3.05. The number of likely N-dealkylation sites (tertiary alicyclic amines) is 1. The van der Waals surface area contributed by atoms with Crippen LogP contribution in [-0.2, 0) is 4.79 Å². The Morgan fingerprint density at radius 2 is 1.95 bits per heavy atom. The summed E-state index contributed by atoms with van der Waals surface area (Å²) in [6, 6.07) is 9.89. The van der Waals surface area contributed by atoms with E-state index in [9.17, 15) is 4.79 Å². The van der Waals surface area contributed by atoms with Gasteiger partial charge in [-0.05, 0) is 24.9 Å². The molecule has 0 aliphatic carbocycles. The van der Waals surface area contributed by atoms with Crippen molar-refractivity contribution in [1.29, 1.82) is 0 Å². The van der Waals surface area contributed by atoms with Gasteiger partial charge in [0.15, 0.2) is 0 Å². The lowest BCUT2D eigenvalue weighted by Gasteiger charge is -2.37. The van der Waals surface area contributed by atoms with E-state index in [4.69, 9.17) is 11.6 Å². The lowest BCUT2D eigenvalue weighted by molar-refractivity contribution is -0.132. The van der Waals surface area contributed by atoms with Crippen molar-refractivity contribution in [2.45, 2.75) is 31.2 Å². The van der Waals surface area contributed by atoms with Gasteiger partial charge in [0, 0.05) is 26.2 Å². The molecule has 1 atom stereocenters. The van der Waals surface area contributed by atoms with Gasteiger partial charge in [-0.3, -0.25) is 4.79 Å². The Balaban J connectivity index is 1.95. The van der Waals surface area contributed by atoms with Crippen LogP contribution in [0.3, 0.4) is 0 Å². The van der Waals surface area contributed by atoms with Crippen LogP contribution in [0.4, 0.5) is 0 Å². The van der Waals surface area contributed by atoms with Crippen molar-refractivity contribution in [3.63, 3.8) is 0 Å². The summed E-state index contributed by atoms with van der Waals surface area (Å²) >= 11 is 6.33. The van der Waals surface area contributed by atoms with E-state index in [0.29, 0.717) is 6.04 Å². The van der Waals surface area contributed by atoms with E-state index >= 15 is 0 Å². The number of nitrogens with zero attached hydrogens (tertiary/aromatic N) is 2. The standard InChI is InChI=1S/C16H23ClN2O/c1-3-19-11-9-14(10-12-19)18(2)16(20)15(17)13-7-5-4-6-8-13/h4-8,14-15H,3,9-12H2,1-2H3. The first-order chi connectivity index (χ1) is 9.63. The lowest BCUT2D eigenvalue weighted by atomic mass is 10.0. The van der Waals surface area contributed by atoms with Crippen LogP contribution in [0, 0.1) is 0 Å². The number of benzene rings is 1. The SMILES string of the molecule is CCN1CCC(N(C)C(=O)C(Cl)c2ccccc2)CC1. The second-order valence-corrected chi connectivity index (χ2v) is 5.82. The van der Waals surface area contributed by atoms with Crippen molar-refractivity contribution >= 4 is 17.5 Å². The Bertz CT molecular complexity index is 429. The molecule has 1 unspecified atom stereocenters. The predicted octanol–water partition coefficient (Wildman–Crippen LogP) is 2.91. The Morgan fingerprint density at radius 3 is 2.50 bits per heavy atom. The summed E-state index contributed by atoms with van der Waals surface area (Å²) in [4.78, 5) is 16.7. The minimum Gasteiger partial charge on any atom is -0.341 e. The summed E-state index contributed by atoms with van der Waals surface area (Å²) in [5.41, 5.74) is 0.872. The van der Waals surface area contributed by atoms with Gasteiger partial charge in [-0.1, -0.05) is 37.3 Å². The van der Waals surface area contributed by atoms with Gasteiger partial charge < -0.3 is 9.80 Å².